The monoisotopic (exact) mass is 495 g/mol. The summed E-state index contributed by atoms with van der Waals surface area (Å²) in [4.78, 5) is 17.3. The standard InChI is InChI=1S/C25H27F2N7O2/c1-33-9-2-3-16(33)14-36-25-31-23-19(24(32-25)34-10-8-29-15(13-34)6-7-28)12-30-22(21(23)27)18-11-17(35)4-5-20(18)26/h4-5,11-12,15-16,29,35H,2-3,6,8-10,13-14H2,1H3. The molecule has 2 unspecified atom stereocenters. The molecule has 2 aliphatic heterocycles. The molecule has 2 aromatic heterocycles. The number of phenolic OH excluding ortho intramolecular Hbond substituents is 1. The molecule has 9 nitrogen and oxygen atoms in total. The molecule has 2 N–H and O–H groups in total. The topological polar surface area (TPSA) is 110 Å². The third-order valence-electron chi connectivity index (χ3n) is 6.82. The summed E-state index contributed by atoms with van der Waals surface area (Å²) in [5, 5.41) is 22.6. The maximum atomic E-state index is 15.9. The van der Waals surface area contributed by atoms with Gasteiger partial charge in [-0.3, -0.25) is 4.98 Å². The zero-order valence-corrected chi connectivity index (χ0v) is 19.9. The van der Waals surface area contributed by atoms with Gasteiger partial charge in [0, 0.05) is 43.5 Å². The van der Waals surface area contributed by atoms with E-state index in [-0.39, 0.29) is 40.6 Å². The number of aromatic hydroxyl groups is 1. The van der Waals surface area contributed by atoms with Gasteiger partial charge in [-0.25, -0.2) is 8.78 Å². The van der Waals surface area contributed by atoms with Gasteiger partial charge in [0.05, 0.1) is 17.9 Å². The van der Waals surface area contributed by atoms with Gasteiger partial charge in [-0.05, 0) is 44.6 Å². The molecule has 3 aromatic rings. The summed E-state index contributed by atoms with van der Waals surface area (Å²) in [5.74, 6) is -1.29. The molecule has 0 radical (unpaired) electrons. The number of likely N-dealkylation sites (tertiary alicyclic amines) is 1. The maximum Gasteiger partial charge on any atom is 0.319 e. The molecule has 188 valence electrons. The number of pyridine rings is 1. The van der Waals surface area contributed by atoms with Gasteiger partial charge >= 0.3 is 6.01 Å². The van der Waals surface area contributed by atoms with E-state index in [1.54, 1.807) is 0 Å². The molecule has 11 heteroatoms. The van der Waals surface area contributed by atoms with Gasteiger partial charge in [-0.1, -0.05) is 0 Å². The number of halogens is 2. The van der Waals surface area contributed by atoms with Crippen LogP contribution in [0.5, 0.6) is 11.8 Å². The normalized spacial score (nSPS) is 20.6. The van der Waals surface area contributed by atoms with E-state index in [9.17, 15) is 9.50 Å². The lowest BCUT2D eigenvalue weighted by atomic mass is 10.1. The van der Waals surface area contributed by atoms with Gasteiger partial charge < -0.3 is 25.0 Å². The van der Waals surface area contributed by atoms with Crippen LogP contribution in [0, 0.1) is 23.0 Å². The Morgan fingerprint density at radius 2 is 2.14 bits per heavy atom. The average molecular weight is 496 g/mol. The molecule has 0 bridgehead atoms. The van der Waals surface area contributed by atoms with Crippen LogP contribution >= 0.6 is 0 Å². The number of nitrogens with one attached hydrogen (secondary N) is 1. The third-order valence-corrected chi connectivity index (χ3v) is 6.82. The summed E-state index contributed by atoms with van der Waals surface area (Å²) in [6.45, 7) is 3.06. The molecule has 0 saturated carbocycles. The largest absolute Gasteiger partial charge is 0.508 e. The third kappa shape index (κ3) is 4.74. The van der Waals surface area contributed by atoms with E-state index in [0.717, 1.165) is 31.5 Å². The van der Waals surface area contributed by atoms with Crippen molar-refractivity contribution < 1.29 is 18.6 Å². The summed E-state index contributed by atoms with van der Waals surface area (Å²) in [7, 11) is 2.03. The summed E-state index contributed by atoms with van der Waals surface area (Å²) in [6, 6.07) is 5.73. The minimum Gasteiger partial charge on any atom is -0.508 e. The Balaban J connectivity index is 1.58. The zero-order chi connectivity index (χ0) is 25.2. The molecule has 2 fully saturated rings. The van der Waals surface area contributed by atoms with Crippen LogP contribution in [-0.4, -0.2) is 76.9 Å². The smallest absolute Gasteiger partial charge is 0.319 e. The Hall–Kier alpha value is -3.62. The molecule has 1 aromatic carbocycles. The van der Waals surface area contributed by atoms with Crippen molar-refractivity contribution in [3.8, 4) is 29.1 Å². The van der Waals surface area contributed by atoms with Gasteiger partial charge in [-0.15, -0.1) is 0 Å². The van der Waals surface area contributed by atoms with Gasteiger partial charge in [0.15, 0.2) is 5.82 Å². The van der Waals surface area contributed by atoms with Crippen LogP contribution < -0.4 is 15.0 Å². The Morgan fingerprint density at radius 1 is 1.28 bits per heavy atom. The number of hydrogen-bond donors (Lipinski definition) is 2. The number of benzene rings is 1. The fraction of sp³-hybridized carbons (Fsp3) is 0.440. The highest BCUT2D eigenvalue weighted by atomic mass is 19.1. The van der Waals surface area contributed by atoms with E-state index in [4.69, 9.17) is 10.00 Å². The van der Waals surface area contributed by atoms with E-state index in [0.29, 0.717) is 43.9 Å². The fourth-order valence-corrected chi connectivity index (χ4v) is 4.84. The Labute approximate surface area is 207 Å². The van der Waals surface area contributed by atoms with E-state index >= 15 is 4.39 Å². The van der Waals surface area contributed by atoms with Crippen molar-refractivity contribution in [1.82, 2.24) is 25.2 Å². The summed E-state index contributed by atoms with van der Waals surface area (Å²) < 4.78 is 36.3. The van der Waals surface area contributed by atoms with Gasteiger partial charge in [-0.2, -0.15) is 15.2 Å². The van der Waals surface area contributed by atoms with E-state index in [1.807, 2.05) is 11.9 Å². The molecule has 4 heterocycles. The van der Waals surface area contributed by atoms with Crippen LogP contribution in [0.25, 0.3) is 22.2 Å². The molecule has 36 heavy (non-hydrogen) atoms. The van der Waals surface area contributed by atoms with Crippen LogP contribution in [-0.2, 0) is 0 Å². The minimum atomic E-state index is -0.827. The minimum absolute atomic E-state index is 0.0283. The number of nitrogens with zero attached hydrogens (tertiary/aromatic N) is 6. The first-order valence-corrected chi connectivity index (χ1v) is 12.0. The summed E-state index contributed by atoms with van der Waals surface area (Å²) >= 11 is 0. The van der Waals surface area contributed by atoms with Crippen molar-refractivity contribution in [1.29, 1.82) is 5.26 Å². The Morgan fingerprint density at radius 3 is 2.92 bits per heavy atom. The first-order valence-electron chi connectivity index (χ1n) is 12.0. The Kier molecular flexibility index (Phi) is 6.80. The van der Waals surface area contributed by atoms with E-state index < -0.39 is 11.6 Å². The molecule has 0 amide bonds. The van der Waals surface area contributed by atoms with Crippen molar-refractivity contribution in [3.63, 3.8) is 0 Å². The van der Waals surface area contributed by atoms with Crippen molar-refractivity contribution >= 4 is 16.7 Å². The molecule has 5 rings (SSSR count). The SMILES string of the molecule is CN1CCCC1COc1nc(N2CCNC(CC#N)C2)c2cnc(-c3cc(O)ccc3F)c(F)c2n1. The van der Waals surface area contributed by atoms with Crippen molar-refractivity contribution in [2.24, 2.45) is 0 Å². The first-order chi connectivity index (χ1) is 17.4. The lowest BCUT2D eigenvalue weighted by Gasteiger charge is -2.34. The summed E-state index contributed by atoms with van der Waals surface area (Å²) in [6.07, 6.45) is 3.81. The number of likely N-dealkylation sites (N-methyl/N-ethyl adjacent to an activating group) is 1. The van der Waals surface area contributed by atoms with Crippen LogP contribution in [0.3, 0.4) is 0 Å². The van der Waals surface area contributed by atoms with Crippen LogP contribution in [0.15, 0.2) is 24.4 Å². The quantitative estimate of drug-likeness (QED) is 0.533. The molecule has 0 aliphatic carbocycles. The number of aromatic nitrogens is 3. The van der Waals surface area contributed by atoms with Gasteiger partial charge in [0.2, 0.25) is 0 Å². The number of ether oxygens (including phenoxy) is 1. The molecule has 2 saturated heterocycles. The lowest BCUT2D eigenvalue weighted by Crippen LogP contribution is -2.51. The van der Waals surface area contributed by atoms with Gasteiger partial charge in [0.1, 0.15) is 35.2 Å². The highest BCUT2D eigenvalue weighted by Crippen LogP contribution is 2.34. The maximum absolute atomic E-state index is 15.9. The first kappa shape index (κ1) is 24.1. The van der Waals surface area contributed by atoms with Crippen molar-refractivity contribution in [2.75, 3.05) is 44.7 Å². The number of rotatable bonds is 6. The summed E-state index contributed by atoms with van der Waals surface area (Å²) in [5.41, 5.74) is -0.469. The molecule has 2 atom stereocenters. The van der Waals surface area contributed by atoms with E-state index in [1.165, 1.54) is 12.3 Å². The number of hydrogen-bond acceptors (Lipinski definition) is 9. The van der Waals surface area contributed by atoms with Crippen molar-refractivity contribution in [3.05, 3.63) is 36.0 Å². The number of nitriles is 1. The molecular formula is C25H27F2N7O2. The average Bonchev–Trinajstić information content (AvgIpc) is 3.29. The van der Waals surface area contributed by atoms with Gasteiger partial charge in [0.25, 0.3) is 0 Å². The van der Waals surface area contributed by atoms with E-state index in [2.05, 4.69) is 31.2 Å². The van der Waals surface area contributed by atoms with Crippen LogP contribution in [0.1, 0.15) is 19.3 Å². The predicted octanol–water partition coefficient (Wildman–Crippen LogP) is 2.84. The Bertz CT molecular complexity index is 1320. The van der Waals surface area contributed by atoms with Crippen LogP contribution in [0.4, 0.5) is 14.6 Å². The second-order valence-electron chi connectivity index (χ2n) is 9.22. The van der Waals surface area contributed by atoms with Crippen LogP contribution in [0.2, 0.25) is 0 Å². The number of phenols is 1. The second-order valence-corrected chi connectivity index (χ2v) is 9.22. The number of anilines is 1. The predicted molar refractivity (Wildman–Crippen MR) is 130 cm³/mol. The van der Waals surface area contributed by atoms with Crippen molar-refractivity contribution in [2.45, 2.75) is 31.3 Å². The second kappa shape index (κ2) is 10.2. The number of piperazine rings is 1. The lowest BCUT2D eigenvalue weighted by molar-refractivity contribution is 0.188. The highest BCUT2D eigenvalue weighted by molar-refractivity contribution is 5.92. The molecule has 0 spiro atoms. The molecular weight excluding hydrogens is 468 g/mol. The molecule has 2 aliphatic rings. The number of fused-ring (bicyclic) bond motifs is 1. The zero-order valence-electron chi connectivity index (χ0n) is 19.9. The highest BCUT2D eigenvalue weighted by Gasteiger charge is 2.27. The fourth-order valence-electron chi connectivity index (χ4n) is 4.84.